The number of likely N-dealkylation sites (tertiary alicyclic amines) is 1. The number of amides is 1. The molecule has 1 N–H and O–H groups in total. The average Bonchev–Trinajstić information content (AvgIpc) is 2.63. The number of hydrogen-bond acceptors (Lipinski definition) is 3. The largest absolute Gasteiger partial charge is 0.338 e. The Bertz CT molecular complexity index is 942. The summed E-state index contributed by atoms with van der Waals surface area (Å²) in [4.78, 5) is 14.5. The first-order chi connectivity index (χ1) is 12.8. The fraction of sp³-hybridized carbons (Fsp3) is 0.350. The van der Waals surface area contributed by atoms with Crippen LogP contribution in [0.25, 0.3) is 0 Å². The van der Waals surface area contributed by atoms with E-state index in [1.807, 2.05) is 19.1 Å². The van der Waals surface area contributed by atoms with Crippen LogP contribution in [-0.4, -0.2) is 32.3 Å². The Morgan fingerprint density at radius 1 is 1.19 bits per heavy atom. The number of piperidine rings is 1. The molecule has 3 rings (SSSR count). The van der Waals surface area contributed by atoms with Crippen molar-refractivity contribution in [3.63, 3.8) is 0 Å². The minimum absolute atomic E-state index is 0.0816. The first kappa shape index (κ1) is 19.7. The maximum absolute atomic E-state index is 12.8. The van der Waals surface area contributed by atoms with Crippen molar-refractivity contribution >= 4 is 33.2 Å². The van der Waals surface area contributed by atoms with Crippen molar-refractivity contribution in [1.29, 1.82) is 0 Å². The van der Waals surface area contributed by atoms with Gasteiger partial charge in [0.2, 0.25) is 0 Å². The Hall–Kier alpha value is -2.05. The van der Waals surface area contributed by atoms with E-state index < -0.39 is 10.0 Å². The number of carbonyl (C=O) groups is 1. The molecule has 1 amide bonds. The van der Waals surface area contributed by atoms with Crippen LogP contribution in [0.15, 0.2) is 47.4 Å². The van der Waals surface area contributed by atoms with E-state index in [4.69, 9.17) is 11.6 Å². The number of halogens is 1. The zero-order chi connectivity index (χ0) is 19.6. The summed E-state index contributed by atoms with van der Waals surface area (Å²) in [5.41, 5.74) is 1.80. The standard InChI is InChI=1S/C20H23ClN2O3S/c1-14-5-8-17(9-6-14)22-27(25,26)19-12-16(7-10-18(19)21)20(24)23-11-3-4-15(2)13-23/h5-10,12,15,22H,3-4,11,13H2,1-2H3/t15-/m0/s1. The van der Waals surface area contributed by atoms with E-state index in [-0.39, 0.29) is 15.8 Å². The Balaban J connectivity index is 1.88. The number of hydrogen-bond donors (Lipinski definition) is 1. The molecule has 2 aromatic rings. The summed E-state index contributed by atoms with van der Waals surface area (Å²) < 4.78 is 28.1. The van der Waals surface area contributed by atoms with Gasteiger partial charge in [-0.25, -0.2) is 8.42 Å². The number of anilines is 1. The number of nitrogens with zero attached hydrogens (tertiary/aromatic N) is 1. The third kappa shape index (κ3) is 4.62. The van der Waals surface area contributed by atoms with Crippen molar-refractivity contribution < 1.29 is 13.2 Å². The van der Waals surface area contributed by atoms with Gasteiger partial charge < -0.3 is 4.90 Å². The van der Waals surface area contributed by atoms with Crippen LogP contribution in [0.5, 0.6) is 0 Å². The molecule has 7 heteroatoms. The Labute approximate surface area is 165 Å². The van der Waals surface area contributed by atoms with Crippen molar-refractivity contribution in [1.82, 2.24) is 4.90 Å². The molecule has 2 aromatic carbocycles. The maximum atomic E-state index is 12.8. The monoisotopic (exact) mass is 406 g/mol. The molecular weight excluding hydrogens is 384 g/mol. The van der Waals surface area contributed by atoms with Gasteiger partial charge >= 0.3 is 0 Å². The molecule has 1 aliphatic rings. The van der Waals surface area contributed by atoms with Gasteiger partial charge in [0.25, 0.3) is 15.9 Å². The normalized spacial score (nSPS) is 17.6. The lowest BCUT2D eigenvalue weighted by Crippen LogP contribution is -2.39. The lowest BCUT2D eigenvalue weighted by atomic mass is 9.99. The maximum Gasteiger partial charge on any atom is 0.263 e. The zero-order valence-corrected chi connectivity index (χ0v) is 17.0. The molecule has 1 atom stereocenters. The molecule has 1 heterocycles. The van der Waals surface area contributed by atoms with Crippen LogP contribution in [0.4, 0.5) is 5.69 Å². The second-order valence-corrected chi connectivity index (χ2v) is 9.17. The number of nitrogens with one attached hydrogen (secondary N) is 1. The summed E-state index contributed by atoms with van der Waals surface area (Å²) >= 11 is 6.14. The summed E-state index contributed by atoms with van der Waals surface area (Å²) in [5.74, 6) is 0.284. The molecule has 27 heavy (non-hydrogen) atoms. The van der Waals surface area contributed by atoms with Crippen molar-refractivity contribution in [2.24, 2.45) is 5.92 Å². The van der Waals surface area contributed by atoms with Gasteiger partial charge in [0, 0.05) is 24.3 Å². The molecule has 0 unspecified atom stereocenters. The summed E-state index contributed by atoms with van der Waals surface area (Å²) in [6, 6.07) is 11.4. The van der Waals surface area contributed by atoms with E-state index in [2.05, 4.69) is 11.6 Å². The zero-order valence-electron chi connectivity index (χ0n) is 15.4. The molecule has 144 valence electrons. The average molecular weight is 407 g/mol. The van der Waals surface area contributed by atoms with Crippen molar-refractivity contribution in [3.8, 4) is 0 Å². The van der Waals surface area contributed by atoms with Crippen LogP contribution in [0.3, 0.4) is 0 Å². The van der Waals surface area contributed by atoms with E-state index in [0.29, 0.717) is 30.3 Å². The van der Waals surface area contributed by atoms with Gasteiger partial charge in [0.1, 0.15) is 4.90 Å². The van der Waals surface area contributed by atoms with Gasteiger partial charge in [-0.15, -0.1) is 0 Å². The van der Waals surface area contributed by atoms with Crippen LogP contribution in [-0.2, 0) is 10.0 Å². The van der Waals surface area contributed by atoms with Crippen molar-refractivity contribution in [3.05, 3.63) is 58.6 Å². The van der Waals surface area contributed by atoms with Crippen LogP contribution in [0, 0.1) is 12.8 Å². The lowest BCUT2D eigenvalue weighted by Gasteiger charge is -2.31. The number of carbonyl (C=O) groups excluding carboxylic acids is 1. The molecule has 1 fully saturated rings. The number of benzene rings is 2. The minimum Gasteiger partial charge on any atom is -0.338 e. The smallest absolute Gasteiger partial charge is 0.263 e. The van der Waals surface area contributed by atoms with Crippen LogP contribution < -0.4 is 4.72 Å². The molecule has 1 aliphatic heterocycles. The van der Waals surface area contributed by atoms with Crippen molar-refractivity contribution in [2.45, 2.75) is 31.6 Å². The number of rotatable bonds is 4. The second kappa shape index (κ2) is 7.90. The highest BCUT2D eigenvalue weighted by Gasteiger charge is 2.25. The van der Waals surface area contributed by atoms with E-state index in [9.17, 15) is 13.2 Å². The second-order valence-electron chi connectivity index (χ2n) is 7.12. The third-order valence-corrected chi connectivity index (χ3v) is 6.58. The highest BCUT2D eigenvalue weighted by Crippen LogP contribution is 2.26. The van der Waals surface area contributed by atoms with E-state index in [1.165, 1.54) is 12.1 Å². The summed E-state index contributed by atoms with van der Waals surface area (Å²) in [5, 5.41) is 0.0816. The van der Waals surface area contributed by atoms with Gasteiger partial charge in [-0.05, 0) is 56.0 Å². The van der Waals surface area contributed by atoms with Gasteiger partial charge in [-0.1, -0.05) is 36.2 Å². The molecule has 0 aromatic heterocycles. The van der Waals surface area contributed by atoms with E-state index in [1.54, 1.807) is 23.1 Å². The SMILES string of the molecule is Cc1ccc(NS(=O)(=O)c2cc(C(=O)N3CCC[C@H](C)C3)ccc2Cl)cc1. The predicted molar refractivity (Wildman–Crippen MR) is 108 cm³/mol. The molecule has 0 spiro atoms. The summed E-state index contributed by atoms with van der Waals surface area (Å²) in [7, 11) is -3.91. The number of sulfonamides is 1. The minimum atomic E-state index is -3.91. The molecule has 0 bridgehead atoms. The molecule has 0 aliphatic carbocycles. The van der Waals surface area contributed by atoms with Crippen LogP contribution in [0.1, 0.15) is 35.7 Å². The Morgan fingerprint density at radius 3 is 2.56 bits per heavy atom. The Morgan fingerprint density at radius 2 is 1.89 bits per heavy atom. The first-order valence-electron chi connectivity index (χ1n) is 8.94. The summed E-state index contributed by atoms with van der Waals surface area (Å²) in [6.07, 6.45) is 2.06. The van der Waals surface area contributed by atoms with E-state index >= 15 is 0 Å². The van der Waals surface area contributed by atoms with Gasteiger partial charge in [0.15, 0.2) is 0 Å². The van der Waals surface area contributed by atoms with Gasteiger partial charge in [-0.2, -0.15) is 0 Å². The van der Waals surface area contributed by atoms with Crippen LogP contribution >= 0.6 is 11.6 Å². The topological polar surface area (TPSA) is 66.5 Å². The van der Waals surface area contributed by atoms with Gasteiger partial charge in [0.05, 0.1) is 5.02 Å². The Kier molecular flexibility index (Phi) is 5.77. The highest BCUT2D eigenvalue weighted by molar-refractivity contribution is 7.92. The molecular formula is C20H23ClN2O3S. The summed E-state index contributed by atoms with van der Waals surface area (Å²) in [6.45, 7) is 5.41. The van der Waals surface area contributed by atoms with Crippen molar-refractivity contribution in [2.75, 3.05) is 17.8 Å². The van der Waals surface area contributed by atoms with Crippen LogP contribution in [0.2, 0.25) is 5.02 Å². The van der Waals surface area contributed by atoms with Gasteiger partial charge in [-0.3, -0.25) is 9.52 Å². The number of aryl methyl sites for hydroxylation is 1. The molecule has 1 saturated heterocycles. The predicted octanol–water partition coefficient (Wildman–Crippen LogP) is 4.32. The highest BCUT2D eigenvalue weighted by atomic mass is 35.5. The quantitative estimate of drug-likeness (QED) is 0.822. The molecule has 5 nitrogen and oxygen atoms in total. The lowest BCUT2D eigenvalue weighted by molar-refractivity contribution is 0.0683. The molecule has 0 saturated carbocycles. The third-order valence-electron chi connectivity index (χ3n) is 4.72. The first-order valence-corrected chi connectivity index (χ1v) is 10.8. The van der Waals surface area contributed by atoms with E-state index in [0.717, 1.165) is 18.4 Å². The molecule has 0 radical (unpaired) electrons. The fourth-order valence-corrected chi connectivity index (χ4v) is 4.82. The fourth-order valence-electron chi connectivity index (χ4n) is 3.23.